The second-order valence-electron chi connectivity index (χ2n) is 3.84. The van der Waals surface area contributed by atoms with Crippen molar-refractivity contribution in [1.29, 1.82) is 0 Å². The standard InChI is InChI=1S/C12H13N3O4/c1-19-12(18)9(16)6-13-11(17)8-7-15-5-3-2-4-10(15)14-8/h2-5,7,9,16H,6H2,1H3,(H,13,17). The van der Waals surface area contributed by atoms with Gasteiger partial charge in [0.1, 0.15) is 11.3 Å². The SMILES string of the molecule is COC(=O)C(O)CNC(=O)c1cn2ccccc2n1. The molecule has 0 aromatic carbocycles. The van der Waals surface area contributed by atoms with Gasteiger partial charge >= 0.3 is 5.97 Å². The molecule has 0 saturated heterocycles. The van der Waals surface area contributed by atoms with Crippen molar-refractivity contribution in [2.45, 2.75) is 6.10 Å². The van der Waals surface area contributed by atoms with Crippen LogP contribution in [0.1, 0.15) is 10.5 Å². The Bertz CT molecular complexity index is 575. The Hall–Kier alpha value is -2.41. The maximum atomic E-state index is 11.8. The Balaban J connectivity index is 2.02. The van der Waals surface area contributed by atoms with E-state index in [1.165, 1.54) is 0 Å². The third kappa shape index (κ3) is 2.89. The van der Waals surface area contributed by atoms with Gasteiger partial charge in [-0.05, 0) is 12.1 Å². The minimum atomic E-state index is -1.38. The van der Waals surface area contributed by atoms with Crippen LogP contribution in [0.25, 0.3) is 5.65 Å². The lowest BCUT2D eigenvalue weighted by atomic mass is 10.3. The second-order valence-corrected chi connectivity index (χ2v) is 3.84. The molecule has 1 unspecified atom stereocenters. The van der Waals surface area contributed by atoms with Gasteiger partial charge in [0.2, 0.25) is 0 Å². The summed E-state index contributed by atoms with van der Waals surface area (Å²) in [5.74, 6) is -1.26. The maximum absolute atomic E-state index is 11.8. The zero-order chi connectivity index (χ0) is 13.8. The molecule has 100 valence electrons. The Morgan fingerprint density at radius 1 is 1.53 bits per heavy atom. The fraction of sp³-hybridized carbons (Fsp3) is 0.250. The maximum Gasteiger partial charge on any atom is 0.336 e. The van der Waals surface area contributed by atoms with Crippen molar-refractivity contribution in [2.75, 3.05) is 13.7 Å². The van der Waals surface area contributed by atoms with E-state index in [1.54, 1.807) is 22.9 Å². The Kier molecular flexibility index (Phi) is 3.76. The van der Waals surface area contributed by atoms with Crippen LogP contribution >= 0.6 is 0 Å². The van der Waals surface area contributed by atoms with E-state index in [0.29, 0.717) is 5.65 Å². The smallest absolute Gasteiger partial charge is 0.336 e. The number of hydrogen-bond donors (Lipinski definition) is 2. The summed E-state index contributed by atoms with van der Waals surface area (Å²) in [6.07, 6.45) is 1.95. The molecule has 0 spiro atoms. The number of fused-ring (bicyclic) bond motifs is 1. The average Bonchev–Trinajstić information content (AvgIpc) is 2.87. The predicted octanol–water partition coefficient (Wildman–Crippen LogP) is -0.402. The van der Waals surface area contributed by atoms with Gasteiger partial charge in [-0.15, -0.1) is 0 Å². The first-order valence-electron chi connectivity index (χ1n) is 5.59. The van der Waals surface area contributed by atoms with Gasteiger partial charge < -0.3 is 19.6 Å². The molecule has 2 rings (SSSR count). The van der Waals surface area contributed by atoms with E-state index in [9.17, 15) is 14.7 Å². The summed E-state index contributed by atoms with van der Waals surface area (Å²) < 4.78 is 6.04. The summed E-state index contributed by atoms with van der Waals surface area (Å²) in [6.45, 7) is -0.223. The first-order valence-corrected chi connectivity index (χ1v) is 5.59. The Morgan fingerprint density at radius 3 is 3.00 bits per heavy atom. The van der Waals surface area contributed by atoms with Crippen molar-refractivity contribution in [1.82, 2.24) is 14.7 Å². The summed E-state index contributed by atoms with van der Waals surface area (Å²) in [5.41, 5.74) is 0.851. The summed E-state index contributed by atoms with van der Waals surface area (Å²) in [7, 11) is 1.16. The van der Waals surface area contributed by atoms with Gasteiger partial charge in [0, 0.05) is 12.4 Å². The summed E-state index contributed by atoms with van der Waals surface area (Å²) >= 11 is 0. The Labute approximate surface area is 108 Å². The van der Waals surface area contributed by atoms with E-state index in [1.807, 2.05) is 12.1 Å². The highest BCUT2D eigenvalue weighted by molar-refractivity contribution is 5.93. The Morgan fingerprint density at radius 2 is 2.32 bits per heavy atom. The van der Waals surface area contributed by atoms with Gasteiger partial charge in [0.05, 0.1) is 13.7 Å². The molecule has 0 aliphatic rings. The molecule has 0 aliphatic heterocycles. The number of amides is 1. The van der Waals surface area contributed by atoms with E-state index in [0.717, 1.165) is 7.11 Å². The van der Waals surface area contributed by atoms with E-state index in [2.05, 4.69) is 15.0 Å². The van der Waals surface area contributed by atoms with Crippen molar-refractivity contribution in [2.24, 2.45) is 0 Å². The van der Waals surface area contributed by atoms with Crippen LogP contribution in [0, 0.1) is 0 Å². The number of nitrogens with zero attached hydrogens (tertiary/aromatic N) is 2. The number of hydrogen-bond acceptors (Lipinski definition) is 5. The zero-order valence-electron chi connectivity index (χ0n) is 10.2. The fourth-order valence-electron chi connectivity index (χ4n) is 1.54. The molecule has 1 amide bonds. The van der Waals surface area contributed by atoms with Gasteiger partial charge in [-0.25, -0.2) is 9.78 Å². The third-order valence-corrected chi connectivity index (χ3v) is 2.53. The average molecular weight is 263 g/mol. The van der Waals surface area contributed by atoms with Crippen LogP contribution in [-0.4, -0.2) is 46.1 Å². The number of esters is 1. The highest BCUT2D eigenvalue weighted by Crippen LogP contribution is 2.04. The topological polar surface area (TPSA) is 92.9 Å². The van der Waals surface area contributed by atoms with Crippen molar-refractivity contribution < 1.29 is 19.4 Å². The molecule has 7 nitrogen and oxygen atoms in total. The summed E-state index contributed by atoms with van der Waals surface area (Å²) in [4.78, 5) is 26.8. The monoisotopic (exact) mass is 263 g/mol. The number of aliphatic hydroxyl groups is 1. The molecule has 0 bridgehead atoms. The molecule has 0 fully saturated rings. The van der Waals surface area contributed by atoms with E-state index >= 15 is 0 Å². The predicted molar refractivity (Wildman–Crippen MR) is 65.5 cm³/mol. The lowest BCUT2D eigenvalue weighted by molar-refractivity contribution is -0.149. The van der Waals surface area contributed by atoms with Crippen LogP contribution in [0.3, 0.4) is 0 Å². The lowest BCUT2D eigenvalue weighted by Gasteiger charge is -2.08. The van der Waals surface area contributed by atoms with E-state index in [-0.39, 0.29) is 12.2 Å². The van der Waals surface area contributed by atoms with Gasteiger partial charge in [-0.1, -0.05) is 6.07 Å². The van der Waals surface area contributed by atoms with Crippen LogP contribution < -0.4 is 5.32 Å². The number of pyridine rings is 1. The zero-order valence-corrected chi connectivity index (χ0v) is 10.2. The molecule has 2 aromatic rings. The molecule has 1 atom stereocenters. The van der Waals surface area contributed by atoms with Crippen LogP contribution in [0.2, 0.25) is 0 Å². The molecular formula is C12H13N3O4. The minimum absolute atomic E-state index is 0.211. The highest BCUT2D eigenvalue weighted by atomic mass is 16.5. The molecule has 2 aromatic heterocycles. The van der Waals surface area contributed by atoms with Gasteiger partial charge in [0.25, 0.3) is 5.91 Å². The molecule has 2 heterocycles. The van der Waals surface area contributed by atoms with Crippen LogP contribution in [0.15, 0.2) is 30.6 Å². The number of aromatic nitrogens is 2. The number of carbonyl (C=O) groups excluding carboxylic acids is 2. The summed E-state index contributed by atoms with van der Waals surface area (Å²) in [5, 5.41) is 11.7. The minimum Gasteiger partial charge on any atom is -0.467 e. The van der Waals surface area contributed by atoms with Crippen molar-refractivity contribution in [3.05, 3.63) is 36.3 Å². The van der Waals surface area contributed by atoms with E-state index < -0.39 is 18.0 Å². The quantitative estimate of drug-likeness (QED) is 0.732. The summed E-state index contributed by atoms with van der Waals surface area (Å²) in [6, 6.07) is 5.39. The first-order chi connectivity index (χ1) is 9.11. The number of nitrogens with one attached hydrogen (secondary N) is 1. The van der Waals surface area contributed by atoms with Crippen LogP contribution in [0.5, 0.6) is 0 Å². The normalized spacial score (nSPS) is 12.1. The number of ether oxygens (including phenoxy) is 1. The fourth-order valence-corrected chi connectivity index (χ4v) is 1.54. The van der Waals surface area contributed by atoms with Crippen molar-refractivity contribution >= 4 is 17.5 Å². The lowest BCUT2D eigenvalue weighted by Crippen LogP contribution is -2.37. The third-order valence-electron chi connectivity index (χ3n) is 2.53. The number of aliphatic hydroxyl groups excluding tert-OH is 1. The van der Waals surface area contributed by atoms with Crippen LogP contribution in [0.4, 0.5) is 0 Å². The molecule has 0 aliphatic carbocycles. The van der Waals surface area contributed by atoms with E-state index in [4.69, 9.17) is 0 Å². The molecular weight excluding hydrogens is 250 g/mol. The molecule has 19 heavy (non-hydrogen) atoms. The molecule has 7 heteroatoms. The molecule has 0 saturated carbocycles. The van der Waals surface area contributed by atoms with Crippen molar-refractivity contribution in [3.63, 3.8) is 0 Å². The number of carbonyl (C=O) groups is 2. The van der Waals surface area contributed by atoms with Gasteiger partial charge in [-0.2, -0.15) is 0 Å². The van der Waals surface area contributed by atoms with Gasteiger partial charge in [0.15, 0.2) is 6.10 Å². The first kappa shape index (κ1) is 13.0. The second kappa shape index (κ2) is 5.49. The van der Waals surface area contributed by atoms with Crippen molar-refractivity contribution in [3.8, 4) is 0 Å². The van der Waals surface area contributed by atoms with Crippen LogP contribution in [-0.2, 0) is 9.53 Å². The number of rotatable bonds is 4. The molecule has 0 radical (unpaired) electrons. The molecule has 2 N–H and O–H groups in total. The number of methoxy groups -OCH3 is 1. The highest BCUT2D eigenvalue weighted by Gasteiger charge is 2.17. The largest absolute Gasteiger partial charge is 0.467 e. The van der Waals surface area contributed by atoms with Gasteiger partial charge in [-0.3, -0.25) is 4.79 Å². The number of imidazole rings is 1.